The molecule has 0 rings (SSSR count). The van der Waals surface area contributed by atoms with Crippen molar-refractivity contribution < 1.29 is 113 Å². The second-order valence-corrected chi connectivity index (χ2v) is 15.4. The molecular weight excluding hydrogens is 710 g/mol. The van der Waals surface area contributed by atoms with E-state index in [1.165, 1.54) is 77.0 Å². The van der Waals surface area contributed by atoms with Gasteiger partial charge in [0.05, 0.1) is 46.7 Å². The first-order valence-corrected chi connectivity index (χ1v) is 21.7. The van der Waals surface area contributed by atoms with Crippen LogP contribution in [0.4, 0.5) is 0 Å². The van der Waals surface area contributed by atoms with Crippen LogP contribution in [-0.4, -0.2) is 103 Å². The Morgan fingerprint density at radius 3 is 0.960 bits per heavy atom. The van der Waals surface area contributed by atoms with Crippen molar-refractivity contribution in [3.05, 3.63) is 0 Å². The molecule has 0 radical (unpaired) electrons. The predicted molar refractivity (Wildman–Crippen MR) is 186 cm³/mol. The van der Waals surface area contributed by atoms with Crippen LogP contribution in [0.3, 0.4) is 0 Å². The molecule has 0 aromatic heterocycles. The van der Waals surface area contributed by atoms with Crippen LogP contribution in [-0.2, 0) is 48.7 Å². The zero-order chi connectivity index (χ0) is 35.6. The first-order valence-electron chi connectivity index (χ1n) is 18.6. The van der Waals surface area contributed by atoms with Gasteiger partial charge in [-0.15, -0.1) is 0 Å². The van der Waals surface area contributed by atoms with E-state index >= 15 is 0 Å². The Balaban J connectivity index is -0.0000110. The quantitative estimate of drug-likeness (QED) is 0.0371. The number of rotatable bonds is 39. The first-order chi connectivity index (χ1) is 23.1. The Morgan fingerprint density at radius 2 is 0.660 bits per heavy atom. The standard InChI is InChI=1S/C34H70O12S2.2Na/c1-3-5-7-9-11-13-15-17-25-43-33(45-27-21-29-47(35,36)37)31-41-23-19-20-24-42-32-34(46-28-22-30-48(38,39)40)44-26-18-16-14-12-10-8-6-4-2;;/h33-34H,3-32H2,1-2H3,(H,35,36,37)(H,38,39,40);;/q;2*+1/p-2. The fraction of sp³-hybridized carbons (Fsp3) is 1.00. The van der Waals surface area contributed by atoms with Gasteiger partial charge in [-0.2, -0.15) is 0 Å². The smallest absolute Gasteiger partial charge is 0.748 e. The summed E-state index contributed by atoms with van der Waals surface area (Å²) in [7, 11) is -8.56. The van der Waals surface area contributed by atoms with Gasteiger partial charge in [0, 0.05) is 37.9 Å². The van der Waals surface area contributed by atoms with Crippen LogP contribution in [0, 0.1) is 0 Å². The molecule has 0 aromatic carbocycles. The second kappa shape index (κ2) is 40.2. The summed E-state index contributed by atoms with van der Waals surface area (Å²) in [5.41, 5.74) is 0. The summed E-state index contributed by atoms with van der Waals surface area (Å²) in [5.74, 6) is -0.951. The molecule has 0 aliphatic rings. The third kappa shape index (κ3) is 45.7. The zero-order valence-electron chi connectivity index (χ0n) is 32.1. The third-order valence-corrected chi connectivity index (χ3v) is 9.20. The fourth-order valence-electron chi connectivity index (χ4n) is 4.86. The molecule has 0 amide bonds. The van der Waals surface area contributed by atoms with Gasteiger partial charge in [0.2, 0.25) is 0 Å². The van der Waals surface area contributed by atoms with Crippen molar-refractivity contribution in [3.8, 4) is 0 Å². The van der Waals surface area contributed by atoms with E-state index in [4.69, 9.17) is 28.4 Å². The van der Waals surface area contributed by atoms with Gasteiger partial charge in [-0.05, 0) is 38.5 Å². The Labute approximate surface area is 350 Å². The van der Waals surface area contributed by atoms with Crippen molar-refractivity contribution in [1.82, 2.24) is 0 Å². The maximum atomic E-state index is 10.9. The maximum absolute atomic E-state index is 10.9. The van der Waals surface area contributed by atoms with Gasteiger partial charge < -0.3 is 37.5 Å². The Kier molecular flexibility index (Phi) is 45.0. The molecule has 0 heterocycles. The molecule has 2 unspecified atom stereocenters. The number of hydrogen-bond acceptors (Lipinski definition) is 12. The van der Waals surface area contributed by atoms with Crippen molar-refractivity contribution in [3.63, 3.8) is 0 Å². The van der Waals surface area contributed by atoms with E-state index in [2.05, 4.69) is 13.8 Å². The zero-order valence-corrected chi connectivity index (χ0v) is 37.7. The number of ether oxygens (including phenoxy) is 6. The number of unbranched alkanes of at least 4 members (excludes halogenated alkanes) is 15. The summed E-state index contributed by atoms with van der Waals surface area (Å²) < 4.78 is 99.7. The predicted octanol–water partition coefficient (Wildman–Crippen LogP) is 0.678. The minimum absolute atomic E-state index is 0. The molecule has 0 fully saturated rings. The third-order valence-electron chi connectivity index (χ3n) is 7.62. The molecule has 290 valence electrons. The summed E-state index contributed by atoms with van der Waals surface area (Å²) >= 11 is 0. The van der Waals surface area contributed by atoms with Gasteiger partial charge in [0.1, 0.15) is 0 Å². The van der Waals surface area contributed by atoms with Crippen LogP contribution in [0.2, 0.25) is 0 Å². The Morgan fingerprint density at radius 1 is 0.400 bits per heavy atom. The van der Waals surface area contributed by atoms with Gasteiger partial charge in [-0.1, -0.05) is 104 Å². The summed E-state index contributed by atoms with van der Waals surface area (Å²) in [6.07, 6.45) is 19.3. The normalized spacial score (nSPS) is 13.1. The maximum Gasteiger partial charge on any atom is 1.00 e. The molecule has 0 saturated heterocycles. The largest absolute Gasteiger partial charge is 1.00 e. The van der Waals surface area contributed by atoms with E-state index in [1.807, 2.05) is 0 Å². The van der Waals surface area contributed by atoms with E-state index in [1.54, 1.807) is 0 Å². The average Bonchev–Trinajstić information content (AvgIpc) is 3.02. The van der Waals surface area contributed by atoms with Crippen LogP contribution < -0.4 is 59.1 Å². The van der Waals surface area contributed by atoms with E-state index in [0.29, 0.717) is 26.4 Å². The molecule has 0 N–H and O–H groups in total. The van der Waals surface area contributed by atoms with Crippen LogP contribution >= 0.6 is 0 Å². The SMILES string of the molecule is CCCCCCCCCCOC(COCCCCOCC(OCCCCCCCCCC)OCCCS(=O)(=O)[O-])OCCCS(=O)(=O)[O-].[Na+].[Na+]. The van der Waals surface area contributed by atoms with Crippen molar-refractivity contribution in [2.45, 2.75) is 155 Å². The minimum atomic E-state index is -4.28. The van der Waals surface area contributed by atoms with Gasteiger partial charge in [-0.3, -0.25) is 0 Å². The summed E-state index contributed by atoms with van der Waals surface area (Å²) in [6.45, 7) is 6.96. The van der Waals surface area contributed by atoms with Crippen molar-refractivity contribution in [1.29, 1.82) is 0 Å². The average molecular weight is 779 g/mol. The van der Waals surface area contributed by atoms with Crippen LogP contribution in [0.15, 0.2) is 0 Å². The minimum Gasteiger partial charge on any atom is -0.748 e. The van der Waals surface area contributed by atoms with Crippen molar-refractivity contribution in [2.24, 2.45) is 0 Å². The topological polar surface area (TPSA) is 170 Å². The summed E-state index contributed by atoms with van der Waals surface area (Å²) in [6, 6.07) is 0. The van der Waals surface area contributed by atoms with Crippen LogP contribution in [0.1, 0.15) is 142 Å². The molecule has 0 aliphatic heterocycles. The first kappa shape index (κ1) is 55.9. The van der Waals surface area contributed by atoms with Gasteiger partial charge >= 0.3 is 59.1 Å². The molecule has 0 aliphatic carbocycles. The fourth-order valence-corrected chi connectivity index (χ4v) is 5.80. The van der Waals surface area contributed by atoms with E-state index in [9.17, 15) is 25.9 Å². The van der Waals surface area contributed by atoms with Crippen molar-refractivity contribution in [2.75, 3.05) is 64.4 Å². The molecule has 12 nitrogen and oxygen atoms in total. The van der Waals surface area contributed by atoms with Crippen LogP contribution in [0.25, 0.3) is 0 Å². The molecule has 0 saturated carbocycles. The van der Waals surface area contributed by atoms with Gasteiger partial charge in [0.15, 0.2) is 12.6 Å². The monoisotopic (exact) mass is 778 g/mol. The molecular formula is C34H68Na2O12S2. The van der Waals surface area contributed by atoms with E-state index in [0.717, 1.165) is 38.5 Å². The second-order valence-electron chi connectivity index (χ2n) is 12.4. The molecule has 0 spiro atoms. The van der Waals surface area contributed by atoms with Gasteiger partial charge in [0.25, 0.3) is 0 Å². The van der Waals surface area contributed by atoms with E-state index < -0.39 is 44.3 Å². The molecule has 0 aromatic rings. The Hall–Kier alpha value is 1.58. The summed E-state index contributed by atoms with van der Waals surface area (Å²) in [4.78, 5) is 0. The van der Waals surface area contributed by atoms with Gasteiger partial charge in [-0.25, -0.2) is 16.8 Å². The molecule has 0 bridgehead atoms. The van der Waals surface area contributed by atoms with E-state index in [-0.39, 0.29) is 98.4 Å². The molecule has 16 heteroatoms. The molecule has 50 heavy (non-hydrogen) atoms. The summed E-state index contributed by atoms with van der Waals surface area (Å²) in [5, 5.41) is 0. The van der Waals surface area contributed by atoms with Crippen molar-refractivity contribution >= 4 is 20.2 Å². The molecule has 2 atom stereocenters. The number of hydrogen-bond donors (Lipinski definition) is 0. The Bertz CT molecular complexity index is 827. The van der Waals surface area contributed by atoms with Crippen LogP contribution in [0.5, 0.6) is 0 Å².